The summed E-state index contributed by atoms with van der Waals surface area (Å²) >= 11 is 1.48. The van der Waals surface area contributed by atoms with Gasteiger partial charge < -0.3 is 4.74 Å². The first-order valence-corrected chi connectivity index (χ1v) is 6.28. The average Bonchev–Trinajstić information content (AvgIpc) is 2.81. The Balaban J connectivity index is 2.13. The van der Waals surface area contributed by atoms with E-state index in [0.717, 1.165) is 26.5 Å². The molecule has 0 aliphatic rings. The van der Waals surface area contributed by atoms with Crippen LogP contribution in [-0.2, 0) is 0 Å². The Labute approximate surface area is 108 Å². The number of hydrogen-bond acceptors (Lipinski definition) is 3. The van der Waals surface area contributed by atoms with E-state index in [9.17, 15) is 4.39 Å². The Morgan fingerprint density at radius 3 is 2.89 bits per heavy atom. The maximum absolute atomic E-state index is 13.1. The van der Waals surface area contributed by atoms with Gasteiger partial charge >= 0.3 is 0 Å². The molecule has 2 aromatic carbocycles. The minimum absolute atomic E-state index is 0.233. The fraction of sp³-hybridized carbons (Fsp3) is 0.0714. The summed E-state index contributed by atoms with van der Waals surface area (Å²) in [7, 11) is 1.63. The van der Waals surface area contributed by atoms with Crippen LogP contribution in [-0.4, -0.2) is 12.1 Å². The van der Waals surface area contributed by atoms with E-state index in [1.165, 1.54) is 23.5 Å². The van der Waals surface area contributed by atoms with Gasteiger partial charge in [0, 0.05) is 5.56 Å². The van der Waals surface area contributed by atoms with Crippen molar-refractivity contribution in [1.29, 1.82) is 0 Å². The summed E-state index contributed by atoms with van der Waals surface area (Å²) in [5.74, 6) is 0.557. The number of fused-ring (bicyclic) bond motifs is 1. The Morgan fingerprint density at radius 1 is 1.17 bits per heavy atom. The molecule has 0 saturated carbocycles. The molecule has 0 spiro atoms. The fourth-order valence-corrected chi connectivity index (χ4v) is 2.76. The lowest BCUT2D eigenvalue weighted by Crippen LogP contribution is -1.82. The van der Waals surface area contributed by atoms with E-state index >= 15 is 0 Å². The van der Waals surface area contributed by atoms with Gasteiger partial charge in [0.15, 0.2) is 0 Å². The first kappa shape index (κ1) is 11.2. The molecule has 0 bridgehead atoms. The second kappa shape index (κ2) is 4.38. The summed E-state index contributed by atoms with van der Waals surface area (Å²) in [6.07, 6.45) is 0. The molecule has 0 N–H and O–H groups in total. The van der Waals surface area contributed by atoms with Crippen LogP contribution >= 0.6 is 11.3 Å². The molecule has 0 radical (unpaired) electrons. The molecule has 0 atom stereocenters. The second-order valence-electron chi connectivity index (χ2n) is 3.86. The zero-order valence-electron chi connectivity index (χ0n) is 9.68. The molecule has 0 aliphatic heterocycles. The standard InChI is InChI=1S/C14H10FNOS/c1-17-11-4-2-3-9(7-11)14-16-12-6-5-10(15)8-13(12)18-14/h2-8H,1H3. The Hall–Kier alpha value is -1.94. The summed E-state index contributed by atoms with van der Waals surface area (Å²) < 4.78 is 19.2. The van der Waals surface area contributed by atoms with Crippen LogP contribution in [0, 0.1) is 5.82 Å². The number of ether oxygens (including phenoxy) is 1. The van der Waals surface area contributed by atoms with E-state index in [0.29, 0.717) is 0 Å². The van der Waals surface area contributed by atoms with Crippen molar-refractivity contribution in [3.63, 3.8) is 0 Å². The molecule has 3 aromatic rings. The van der Waals surface area contributed by atoms with Crippen LogP contribution in [0.25, 0.3) is 20.8 Å². The minimum atomic E-state index is -0.233. The summed E-state index contributed by atoms with van der Waals surface area (Å²) in [6, 6.07) is 12.3. The number of halogens is 1. The molecule has 0 amide bonds. The number of hydrogen-bond donors (Lipinski definition) is 0. The van der Waals surface area contributed by atoms with Gasteiger partial charge in [0.1, 0.15) is 16.6 Å². The topological polar surface area (TPSA) is 22.1 Å². The monoisotopic (exact) mass is 259 g/mol. The molecular weight excluding hydrogens is 249 g/mol. The average molecular weight is 259 g/mol. The van der Waals surface area contributed by atoms with E-state index in [1.807, 2.05) is 24.3 Å². The number of methoxy groups -OCH3 is 1. The van der Waals surface area contributed by atoms with Crippen molar-refractivity contribution in [2.75, 3.05) is 7.11 Å². The molecule has 2 nitrogen and oxygen atoms in total. The Bertz CT molecular complexity index is 708. The number of nitrogens with zero attached hydrogens (tertiary/aromatic N) is 1. The lowest BCUT2D eigenvalue weighted by Gasteiger charge is -2.00. The van der Waals surface area contributed by atoms with E-state index in [-0.39, 0.29) is 5.82 Å². The first-order valence-electron chi connectivity index (χ1n) is 5.47. The van der Waals surface area contributed by atoms with Crippen molar-refractivity contribution < 1.29 is 9.13 Å². The van der Waals surface area contributed by atoms with Gasteiger partial charge in [-0.05, 0) is 30.3 Å². The molecule has 90 valence electrons. The van der Waals surface area contributed by atoms with Crippen LogP contribution in [0.5, 0.6) is 5.75 Å². The molecule has 0 saturated heterocycles. The van der Waals surface area contributed by atoms with Crippen LogP contribution in [0.1, 0.15) is 0 Å². The van der Waals surface area contributed by atoms with E-state index < -0.39 is 0 Å². The van der Waals surface area contributed by atoms with E-state index in [1.54, 1.807) is 13.2 Å². The smallest absolute Gasteiger partial charge is 0.124 e. The van der Waals surface area contributed by atoms with Crippen LogP contribution in [0.4, 0.5) is 4.39 Å². The SMILES string of the molecule is COc1cccc(-c2nc3ccc(F)cc3s2)c1. The third-order valence-corrected chi connectivity index (χ3v) is 3.73. The first-order chi connectivity index (χ1) is 8.76. The third-order valence-electron chi connectivity index (χ3n) is 2.67. The lowest BCUT2D eigenvalue weighted by molar-refractivity contribution is 0.415. The molecular formula is C14H10FNOS. The van der Waals surface area contributed by atoms with Crippen LogP contribution in [0.15, 0.2) is 42.5 Å². The molecule has 4 heteroatoms. The van der Waals surface area contributed by atoms with E-state index in [2.05, 4.69) is 4.98 Å². The lowest BCUT2D eigenvalue weighted by atomic mass is 10.2. The summed E-state index contributed by atoms with van der Waals surface area (Å²) in [5.41, 5.74) is 1.80. The molecule has 18 heavy (non-hydrogen) atoms. The van der Waals surface area contributed by atoms with Gasteiger partial charge in [-0.25, -0.2) is 9.37 Å². The zero-order chi connectivity index (χ0) is 12.5. The third kappa shape index (κ3) is 1.95. The highest BCUT2D eigenvalue weighted by molar-refractivity contribution is 7.21. The van der Waals surface area contributed by atoms with Crippen molar-refractivity contribution in [3.8, 4) is 16.3 Å². The number of aromatic nitrogens is 1. The largest absolute Gasteiger partial charge is 0.497 e. The highest BCUT2D eigenvalue weighted by Crippen LogP contribution is 2.31. The predicted molar refractivity (Wildman–Crippen MR) is 71.6 cm³/mol. The Kier molecular flexibility index (Phi) is 2.72. The molecule has 3 rings (SSSR count). The quantitative estimate of drug-likeness (QED) is 0.691. The van der Waals surface area contributed by atoms with Gasteiger partial charge in [0.2, 0.25) is 0 Å². The fourth-order valence-electron chi connectivity index (χ4n) is 1.78. The molecule has 0 unspecified atom stereocenters. The van der Waals surface area contributed by atoms with E-state index in [4.69, 9.17) is 4.74 Å². The summed E-state index contributed by atoms with van der Waals surface area (Å²) in [4.78, 5) is 4.50. The maximum atomic E-state index is 13.1. The number of thiazole rings is 1. The van der Waals surface area contributed by atoms with Crippen LogP contribution < -0.4 is 4.74 Å². The molecule has 0 aliphatic carbocycles. The highest BCUT2D eigenvalue weighted by Gasteiger charge is 2.07. The van der Waals surface area contributed by atoms with Crippen molar-refractivity contribution in [1.82, 2.24) is 4.98 Å². The van der Waals surface area contributed by atoms with Crippen molar-refractivity contribution in [2.24, 2.45) is 0 Å². The normalized spacial score (nSPS) is 10.8. The minimum Gasteiger partial charge on any atom is -0.497 e. The number of benzene rings is 2. The van der Waals surface area contributed by atoms with Gasteiger partial charge in [-0.3, -0.25) is 0 Å². The van der Waals surface area contributed by atoms with Gasteiger partial charge in [-0.1, -0.05) is 12.1 Å². The van der Waals surface area contributed by atoms with Crippen molar-refractivity contribution in [2.45, 2.75) is 0 Å². The zero-order valence-corrected chi connectivity index (χ0v) is 10.5. The van der Waals surface area contributed by atoms with Crippen molar-refractivity contribution in [3.05, 3.63) is 48.3 Å². The van der Waals surface area contributed by atoms with Gasteiger partial charge in [0.25, 0.3) is 0 Å². The molecule has 0 fully saturated rings. The summed E-state index contributed by atoms with van der Waals surface area (Å²) in [6.45, 7) is 0. The summed E-state index contributed by atoms with van der Waals surface area (Å²) in [5, 5.41) is 0.870. The van der Waals surface area contributed by atoms with Gasteiger partial charge in [-0.15, -0.1) is 11.3 Å². The van der Waals surface area contributed by atoms with Crippen molar-refractivity contribution >= 4 is 21.6 Å². The van der Waals surface area contributed by atoms with Gasteiger partial charge in [-0.2, -0.15) is 0 Å². The Morgan fingerprint density at radius 2 is 2.06 bits per heavy atom. The highest BCUT2D eigenvalue weighted by atomic mass is 32.1. The predicted octanol–water partition coefficient (Wildman–Crippen LogP) is 4.11. The van der Waals surface area contributed by atoms with Crippen LogP contribution in [0.3, 0.4) is 0 Å². The molecule has 1 heterocycles. The number of rotatable bonds is 2. The molecule has 1 aromatic heterocycles. The second-order valence-corrected chi connectivity index (χ2v) is 4.89. The van der Waals surface area contributed by atoms with Crippen LogP contribution in [0.2, 0.25) is 0 Å². The van der Waals surface area contributed by atoms with Gasteiger partial charge in [0.05, 0.1) is 17.3 Å². The maximum Gasteiger partial charge on any atom is 0.124 e.